The Balaban J connectivity index is 2.36. The zero-order valence-corrected chi connectivity index (χ0v) is 17.2. The van der Waals surface area contributed by atoms with Crippen LogP contribution in [0, 0.1) is 6.92 Å². The minimum absolute atomic E-state index is 0.262. The SMILES string of the molecule is COc1ccc(-c2ccc(C)c(N(O)OC)c2)c(CNC(=O)OC(C)(C)C)c1. The number of carbonyl (C=O) groups is 1. The molecule has 152 valence electrons. The summed E-state index contributed by atoms with van der Waals surface area (Å²) >= 11 is 0. The first-order valence-corrected chi connectivity index (χ1v) is 8.92. The highest BCUT2D eigenvalue weighted by Gasteiger charge is 2.17. The van der Waals surface area contributed by atoms with E-state index in [9.17, 15) is 10.0 Å². The van der Waals surface area contributed by atoms with Crippen molar-refractivity contribution in [3.05, 3.63) is 47.5 Å². The monoisotopic (exact) mass is 388 g/mol. The highest BCUT2D eigenvalue weighted by atomic mass is 16.9. The second-order valence-corrected chi connectivity index (χ2v) is 7.34. The van der Waals surface area contributed by atoms with E-state index in [1.807, 2.05) is 64.1 Å². The molecule has 0 spiro atoms. The topological polar surface area (TPSA) is 80.3 Å². The smallest absolute Gasteiger partial charge is 0.407 e. The van der Waals surface area contributed by atoms with Crippen molar-refractivity contribution in [3.63, 3.8) is 0 Å². The molecule has 0 aliphatic rings. The molecule has 0 radical (unpaired) electrons. The first kappa shape index (κ1) is 21.5. The minimum Gasteiger partial charge on any atom is -0.497 e. The lowest BCUT2D eigenvalue weighted by atomic mass is 9.97. The number of ether oxygens (including phenoxy) is 2. The first-order chi connectivity index (χ1) is 13.1. The summed E-state index contributed by atoms with van der Waals surface area (Å²) in [7, 11) is 2.97. The van der Waals surface area contributed by atoms with Gasteiger partial charge in [-0.05, 0) is 68.1 Å². The van der Waals surface area contributed by atoms with E-state index in [1.54, 1.807) is 7.11 Å². The Morgan fingerprint density at radius 2 is 1.86 bits per heavy atom. The van der Waals surface area contributed by atoms with Crippen molar-refractivity contribution in [2.45, 2.75) is 39.8 Å². The number of methoxy groups -OCH3 is 1. The lowest BCUT2D eigenvalue weighted by molar-refractivity contribution is -0.0112. The van der Waals surface area contributed by atoms with E-state index in [0.717, 1.165) is 27.5 Å². The van der Waals surface area contributed by atoms with Crippen molar-refractivity contribution in [1.82, 2.24) is 5.32 Å². The number of hydrogen-bond acceptors (Lipinski definition) is 6. The number of carbonyl (C=O) groups excluding carboxylic acids is 1. The molecule has 28 heavy (non-hydrogen) atoms. The van der Waals surface area contributed by atoms with Gasteiger partial charge in [-0.2, -0.15) is 0 Å². The maximum absolute atomic E-state index is 12.0. The van der Waals surface area contributed by atoms with Crippen LogP contribution in [0.2, 0.25) is 0 Å². The molecule has 0 aliphatic carbocycles. The molecule has 0 bridgehead atoms. The van der Waals surface area contributed by atoms with Crippen molar-refractivity contribution in [3.8, 4) is 16.9 Å². The van der Waals surface area contributed by atoms with Crippen LogP contribution in [0.1, 0.15) is 31.9 Å². The standard InChI is InChI=1S/C21H28N2O5/c1-14-7-8-15(12-19(14)23(25)27-6)18-10-9-17(26-5)11-16(18)13-22-20(24)28-21(2,3)4/h7-12,25H,13H2,1-6H3,(H,22,24). The van der Waals surface area contributed by atoms with E-state index in [4.69, 9.17) is 14.3 Å². The van der Waals surface area contributed by atoms with Gasteiger partial charge in [0.2, 0.25) is 0 Å². The Morgan fingerprint density at radius 1 is 1.14 bits per heavy atom. The van der Waals surface area contributed by atoms with Gasteiger partial charge in [0.1, 0.15) is 11.4 Å². The van der Waals surface area contributed by atoms with Gasteiger partial charge in [0.05, 0.1) is 19.9 Å². The molecule has 2 aromatic carbocycles. The molecule has 0 fully saturated rings. The van der Waals surface area contributed by atoms with Crippen LogP contribution in [-0.2, 0) is 16.1 Å². The molecule has 0 atom stereocenters. The second kappa shape index (κ2) is 8.95. The molecule has 0 aliphatic heterocycles. The number of anilines is 1. The van der Waals surface area contributed by atoms with Crippen LogP contribution in [0.15, 0.2) is 36.4 Å². The number of alkyl carbamates (subject to hydrolysis) is 1. The lowest BCUT2D eigenvalue weighted by Crippen LogP contribution is -2.32. The zero-order valence-electron chi connectivity index (χ0n) is 17.2. The van der Waals surface area contributed by atoms with Gasteiger partial charge in [-0.15, -0.1) is 5.23 Å². The number of nitrogens with zero attached hydrogens (tertiary/aromatic N) is 1. The maximum Gasteiger partial charge on any atom is 0.407 e. The molecule has 2 aromatic rings. The number of nitrogens with one attached hydrogen (secondary N) is 1. The second-order valence-electron chi connectivity index (χ2n) is 7.34. The average molecular weight is 388 g/mol. The van der Waals surface area contributed by atoms with Crippen LogP contribution in [0.5, 0.6) is 5.75 Å². The van der Waals surface area contributed by atoms with Gasteiger partial charge in [0.15, 0.2) is 0 Å². The Hall–Kier alpha value is -2.77. The molecule has 1 amide bonds. The maximum atomic E-state index is 12.0. The Bertz CT molecular complexity index is 830. The van der Waals surface area contributed by atoms with Crippen molar-refractivity contribution < 1.29 is 24.3 Å². The quantitative estimate of drug-likeness (QED) is 0.712. The summed E-state index contributed by atoms with van der Waals surface area (Å²) in [4.78, 5) is 16.9. The summed E-state index contributed by atoms with van der Waals surface area (Å²) in [5.74, 6) is 0.678. The third-order valence-electron chi connectivity index (χ3n) is 4.03. The number of aryl methyl sites for hydroxylation is 1. The highest BCUT2D eigenvalue weighted by Crippen LogP contribution is 2.31. The average Bonchev–Trinajstić information content (AvgIpc) is 2.64. The number of rotatable bonds is 6. The largest absolute Gasteiger partial charge is 0.497 e. The summed E-state index contributed by atoms with van der Waals surface area (Å²) in [5.41, 5.74) is 3.42. The van der Waals surface area contributed by atoms with Crippen LogP contribution in [0.3, 0.4) is 0 Å². The van der Waals surface area contributed by atoms with Gasteiger partial charge in [-0.3, -0.25) is 10.0 Å². The van der Waals surface area contributed by atoms with Crippen LogP contribution in [-0.4, -0.2) is 31.1 Å². The Labute approximate surface area is 165 Å². The minimum atomic E-state index is -0.572. The van der Waals surface area contributed by atoms with Gasteiger partial charge in [-0.25, -0.2) is 4.79 Å². The molecular weight excluding hydrogens is 360 g/mol. The fourth-order valence-corrected chi connectivity index (χ4v) is 2.69. The third kappa shape index (κ3) is 5.61. The van der Waals surface area contributed by atoms with Crippen molar-refractivity contribution in [2.24, 2.45) is 0 Å². The molecular formula is C21H28N2O5. The predicted molar refractivity (Wildman–Crippen MR) is 108 cm³/mol. The molecule has 0 aromatic heterocycles. The van der Waals surface area contributed by atoms with Crippen molar-refractivity contribution in [2.75, 3.05) is 19.4 Å². The number of hydrogen-bond donors (Lipinski definition) is 2. The van der Waals surface area contributed by atoms with Crippen molar-refractivity contribution >= 4 is 11.8 Å². The Morgan fingerprint density at radius 3 is 2.46 bits per heavy atom. The van der Waals surface area contributed by atoms with E-state index in [0.29, 0.717) is 11.4 Å². The number of benzene rings is 2. The van der Waals surface area contributed by atoms with Gasteiger partial charge < -0.3 is 14.8 Å². The zero-order chi connectivity index (χ0) is 20.9. The summed E-state index contributed by atoms with van der Waals surface area (Å²) in [5, 5.41) is 13.4. The van der Waals surface area contributed by atoms with Crippen LogP contribution >= 0.6 is 0 Å². The van der Waals surface area contributed by atoms with Gasteiger partial charge in [0, 0.05) is 6.54 Å². The molecule has 0 saturated heterocycles. The van der Waals surface area contributed by atoms with E-state index in [1.165, 1.54) is 7.11 Å². The van der Waals surface area contributed by atoms with Gasteiger partial charge >= 0.3 is 6.09 Å². The lowest BCUT2D eigenvalue weighted by Gasteiger charge is -2.21. The van der Waals surface area contributed by atoms with Crippen LogP contribution < -0.4 is 15.3 Å². The summed E-state index contributed by atoms with van der Waals surface area (Å²) in [6, 6.07) is 11.3. The fraction of sp³-hybridized carbons (Fsp3) is 0.381. The molecule has 7 heteroatoms. The molecule has 7 nitrogen and oxygen atoms in total. The first-order valence-electron chi connectivity index (χ1n) is 8.92. The third-order valence-corrected chi connectivity index (χ3v) is 4.03. The molecule has 2 rings (SSSR count). The normalized spacial score (nSPS) is 11.1. The molecule has 2 N–H and O–H groups in total. The van der Waals surface area contributed by atoms with E-state index in [-0.39, 0.29) is 6.54 Å². The Kier molecular flexibility index (Phi) is 6.88. The summed E-state index contributed by atoms with van der Waals surface area (Å²) in [6.45, 7) is 7.58. The van der Waals surface area contributed by atoms with E-state index >= 15 is 0 Å². The van der Waals surface area contributed by atoms with Gasteiger partial charge in [-0.1, -0.05) is 18.2 Å². The number of amides is 1. The fourth-order valence-electron chi connectivity index (χ4n) is 2.69. The van der Waals surface area contributed by atoms with E-state index in [2.05, 4.69) is 5.32 Å². The predicted octanol–water partition coefficient (Wildman–Crippen LogP) is 4.45. The summed E-state index contributed by atoms with van der Waals surface area (Å²) in [6.07, 6.45) is -0.494. The van der Waals surface area contributed by atoms with E-state index < -0.39 is 11.7 Å². The molecule has 0 saturated carbocycles. The van der Waals surface area contributed by atoms with Crippen LogP contribution in [0.25, 0.3) is 11.1 Å². The van der Waals surface area contributed by atoms with Gasteiger partial charge in [0.25, 0.3) is 0 Å². The summed E-state index contributed by atoms with van der Waals surface area (Å²) < 4.78 is 10.6. The highest BCUT2D eigenvalue weighted by molar-refractivity contribution is 5.74. The molecule has 0 unspecified atom stereocenters. The van der Waals surface area contributed by atoms with Crippen LogP contribution in [0.4, 0.5) is 10.5 Å². The van der Waals surface area contributed by atoms with Crippen molar-refractivity contribution in [1.29, 1.82) is 0 Å². The molecule has 0 heterocycles.